The molecule has 1 heterocycles. The van der Waals surface area contributed by atoms with Gasteiger partial charge in [0.05, 0.1) is 13.3 Å². The Morgan fingerprint density at radius 3 is 2.79 bits per heavy atom. The lowest BCUT2D eigenvalue weighted by Gasteiger charge is -2.07. The van der Waals surface area contributed by atoms with Crippen LogP contribution in [0.15, 0.2) is 30.6 Å². The van der Waals surface area contributed by atoms with E-state index in [0.717, 1.165) is 11.3 Å². The molecule has 0 atom stereocenters. The molecule has 0 aliphatic carbocycles. The first-order chi connectivity index (χ1) is 9.10. The van der Waals surface area contributed by atoms with E-state index in [9.17, 15) is 4.39 Å². The molecule has 4 nitrogen and oxygen atoms in total. The summed E-state index contributed by atoms with van der Waals surface area (Å²) >= 11 is 0. The van der Waals surface area contributed by atoms with Crippen LogP contribution in [0.4, 0.5) is 10.1 Å². The Bertz CT molecular complexity index is 551. The van der Waals surface area contributed by atoms with Crippen LogP contribution >= 0.6 is 0 Å². The molecule has 0 unspecified atom stereocenters. The number of benzene rings is 1. The van der Waals surface area contributed by atoms with Gasteiger partial charge in [-0.25, -0.2) is 4.39 Å². The summed E-state index contributed by atoms with van der Waals surface area (Å²) in [6.45, 7) is 4.75. The van der Waals surface area contributed by atoms with Crippen molar-refractivity contribution in [1.29, 1.82) is 0 Å². The zero-order valence-electron chi connectivity index (χ0n) is 11.4. The Morgan fingerprint density at radius 1 is 1.42 bits per heavy atom. The highest BCUT2D eigenvalue weighted by Gasteiger charge is 2.04. The first kappa shape index (κ1) is 13.4. The number of ether oxygens (including phenoxy) is 1. The number of rotatable bonds is 5. The fourth-order valence-corrected chi connectivity index (χ4v) is 1.73. The van der Waals surface area contributed by atoms with E-state index in [2.05, 4.69) is 24.3 Å². The monoisotopic (exact) mass is 263 g/mol. The molecule has 5 heteroatoms. The predicted octanol–water partition coefficient (Wildman–Crippen LogP) is 3.22. The van der Waals surface area contributed by atoms with E-state index >= 15 is 0 Å². The van der Waals surface area contributed by atoms with Gasteiger partial charge in [-0.05, 0) is 26.0 Å². The van der Waals surface area contributed by atoms with E-state index in [1.54, 1.807) is 12.1 Å². The van der Waals surface area contributed by atoms with Crippen LogP contribution in [-0.4, -0.2) is 16.9 Å². The molecule has 0 aliphatic heterocycles. The standard InChI is InChI=1S/C14H18FN3O/c1-10(2)18-9-11(8-17-18)7-16-12-4-5-14(19-3)13(15)6-12/h4-6,8-10,16H,7H2,1-3H3. The van der Waals surface area contributed by atoms with E-state index < -0.39 is 0 Å². The van der Waals surface area contributed by atoms with Gasteiger partial charge in [-0.3, -0.25) is 4.68 Å². The number of hydrogen-bond donors (Lipinski definition) is 1. The second kappa shape index (κ2) is 5.73. The molecule has 0 spiro atoms. The minimum Gasteiger partial charge on any atom is -0.494 e. The average Bonchev–Trinajstić information content (AvgIpc) is 2.85. The largest absolute Gasteiger partial charge is 0.494 e. The highest BCUT2D eigenvalue weighted by Crippen LogP contribution is 2.21. The molecular formula is C14H18FN3O. The lowest BCUT2D eigenvalue weighted by atomic mass is 10.2. The summed E-state index contributed by atoms with van der Waals surface area (Å²) in [6.07, 6.45) is 3.80. The van der Waals surface area contributed by atoms with E-state index in [4.69, 9.17) is 4.74 Å². The van der Waals surface area contributed by atoms with Gasteiger partial charge in [-0.15, -0.1) is 0 Å². The van der Waals surface area contributed by atoms with Crippen LogP contribution in [0, 0.1) is 5.82 Å². The molecule has 1 N–H and O–H groups in total. The number of anilines is 1. The summed E-state index contributed by atoms with van der Waals surface area (Å²) in [5.74, 6) is -0.122. The van der Waals surface area contributed by atoms with E-state index in [-0.39, 0.29) is 11.6 Å². The summed E-state index contributed by atoms with van der Waals surface area (Å²) in [4.78, 5) is 0. The summed E-state index contributed by atoms with van der Waals surface area (Å²) in [7, 11) is 1.45. The van der Waals surface area contributed by atoms with Crippen molar-refractivity contribution in [2.24, 2.45) is 0 Å². The molecule has 102 valence electrons. The topological polar surface area (TPSA) is 39.1 Å². The van der Waals surface area contributed by atoms with Crippen LogP contribution in [-0.2, 0) is 6.54 Å². The van der Waals surface area contributed by atoms with Crippen LogP contribution < -0.4 is 10.1 Å². The SMILES string of the molecule is COc1ccc(NCc2cnn(C(C)C)c2)cc1F. The Kier molecular flexibility index (Phi) is 4.04. The lowest BCUT2D eigenvalue weighted by molar-refractivity contribution is 0.386. The fraction of sp³-hybridized carbons (Fsp3) is 0.357. The molecule has 0 amide bonds. The lowest BCUT2D eigenvalue weighted by Crippen LogP contribution is -2.01. The van der Waals surface area contributed by atoms with Crippen LogP contribution in [0.25, 0.3) is 0 Å². The van der Waals surface area contributed by atoms with Crippen LogP contribution in [0.5, 0.6) is 5.75 Å². The van der Waals surface area contributed by atoms with Gasteiger partial charge in [0.15, 0.2) is 11.6 Å². The second-order valence-corrected chi connectivity index (χ2v) is 4.63. The van der Waals surface area contributed by atoms with Gasteiger partial charge >= 0.3 is 0 Å². The van der Waals surface area contributed by atoms with E-state index in [0.29, 0.717) is 12.6 Å². The first-order valence-electron chi connectivity index (χ1n) is 6.20. The number of nitrogens with zero attached hydrogens (tertiary/aromatic N) is 2. The van der Waals surface area contributed by atoms with Crippen molar-refractivity contribution in [2.75, 3.05) is 12.4 Å². The zero-order valence-corrected chi connectivity index (χ0v) is 11.4. The number of halogens is 1. The molecule has 0 saturated heterocycles. The molecule has 0 saturated carbocycles. The van der Waals surface area contributed by atoms with Gasteiger partial charge in [0.1, 0.15) is 0 Å². The highest BCUT2D eigenvalue weighted by molar-refractivity contribution is 5.47. The third-order valence-electron chi connectivity index (χ3n) is 2.83. The van der Waals surface area contributed by atoms with Gasteiger partial charge in [-0.1, -0.05) is 0 Å². The van der Waals surface area contributed by atoms with Crippen LogP contribution in [0.2, 0.25) is 0 Å². The summed E-state index contributed by atoms with van der Waals surface area (Å²) < 4.78 is 20.3. The van der Waals surface area contributed by atoms with Crippen molar-refractivity contribution < 1.29 is 9.13 Å². The average molecular weight is 263 g/mol. The molecular weight excluding hydrogens is 245 g/mol. The fourth-order valence-electron chi connectivity index (χ4n) is 1.73. The molecule has 19 heavy (non-hydrogen) atoms. The number of hydrogen-bond acceptors (Lipinski definition) is 3. The maximum atomic E-state index is 13.5. The summed E-state index contributed by atoms with van der Waals surface area (Å²) in [5, 5.41) is 7.41. The van der Waals surface area contributed by atoms with Crippen molar-refractivity contribution in [3.63, 3.8) is 0 Å². The van der Waals surface area contributed by atoms with Crippen molar-refractivity contribution in [3.05, 3.63) is 42.0 Å². The Labute approximate surface area is 112 Å². The Hall–Kier alpha value is -2.04. The van der Waals surface area contributed by atoms with Gasteiger partial charge in [-0.2, -0.15) is 5.10 Å². The molecule has 1 aromatic heterocycles. The third-order valence-corrected chi connectivity index (χ3v) is 2.83. The molecule has 1 aromatic carbocycles. The molecule has 2 rings (SSSR count). The zero-order chi connectivity index (χ0) is 13.8. The molecule has 0 radical (unpaired) electrons. The van der Waals surface area contributed by atoms with Crippen molar-refractivity contribution >= 4 is 5.69 Å². The molecule has 0 fully saturated rings. The van der Waals surface area contributed by atoms with Crippen molar-refractivity contribution in [2.45, 2.75) is 26.4 Å². The third kappa shape index (κ3) is 3.24. The van der Waals surface area contributed by atoms with Gasteiger partial charge < -0.3 is 10.1 Å². The minimum atomic E-state index is -0.370. The maximum absolute atomic E-state index is 13.5. The van der Waals surface area contributed by atoms with Crippen LogP contribution in [0.3, 0.4) is 0 Å². The summed E-state index contributed by atoms with van der Waals surface area (Å²) in [5.41, 5.74) is 1.78. The number of aromatic nitrogens is 2. The second-order valence-electron chi connectivity index (χ2n) is 4.63. The highest BCUT2D eigenvalue weighted by atomic mass is 19.1. The first-order valence-corrected chi connectivity index (χ1v) is 6.20. The number of nitrogens with one attached hydrogen (secondary N) is 1. The van der Waals surface area contributed by atoms with E-state index in [1.807, 2.05) is 17.1 Å². The van der Waals surface area contributed by atoms with Crippen LogP contribution in [0.1, 0.15) is 25.5 Å². The van der Waals surface area contributed by atoms with Gasteiger partial charge in [0.25, 0.3) is 0 Å². The van der Waals surface area contributed by atoms with Gasteiger partial charge in [0.2, 0.25) is 0 Å². The minimum absolute atomic E-state index is 0.248. The molecule has 2 aromatic rings. The Balaban J connectivity index is 1.99. The van der Waals surface area contributed by atoms with E-state index in [1.165, 1.54) is 13.2 Å². The maximum Gasteiger partial charge on any atom is 0.167 e. The summed E-state index contributed by atoms with van der Waals surface area (Å²) in [6, 6.07) is 5.16. The molecule has 0 aliphatic rings. The Morgan fingerprint density at radius 2 is 2.21 bits per heavy atom. The quantitative estimate of drug-likeness (QED) is 0.900. The smallest absolute Gasteiger partial charge is 0.167 e. The number of methoxy groups -OCH3 is 1. The van der Waals surface area contributed by atoms with Crippen molar-refractivity contribution in [3.8, 4) is 5.75 Å². The predicted molar refractivity (Wildman–Crippen MR) is 72.9 cm³/mol. The van der Waals surface area contributed by atoms with Gasteiger partial charge in [0, 0.05) is 36.1 Å². The van der Waals surface area contributed by atoms with Crippen molar-refractivity contribution in [1.82, 2.24) is 9.78 Å². The normalized spacial score (nSPS) is 10.8. The molecule has 0 bridgehead atoms.